The Morgan fingerprint density at radius 3 is 2.75 bits per heavy atom. The van der Waals surface area contributed by atoms with Crippen molar-refractivity contribution in [3.8, 4) is 0 Å². The van der Waals surface area contributed by atoms with Crippen LogP contribution in [-0.2, 0) is 6.54 Å². The molecule has 1 aromatic heterocycles. The third-order valence-corrected chi connectivity index (χ3v) is 2.58. The zero-order valence-corrected chi connectivity index (χ0v) is 8.41. The van der Waals surface area contributed by atoms with E-state index in [1.165, 1.54) is 4.68 Å². The van der Waals surface area contributed by atoms with Crippen LogP contribution in [0.5, 0.6) is 0 Å². The summed E-state index contributed by atoms with van der Waals surface area (Å²) >= 11 is 3.28. The molecule has 2 rings (SSSR count). The molecule has 0 bridgehead atoms. The van der Waals surface area contributed by atoms with E-state index in [1.54, 1.807) is 4.57 Å². The highest BCUT2D eigenvalue weighted by atomic mass is 79.9. The van der Waals surface area contributed by atoms with Crippen LogP contribution in [0.2, 0.25) is 0 Å². The predicted octanol–water partition coefficient (Wildman–Crippen LogP) is 1.16. The van der Waals surface area contributed by atoms with Gasteiger partial charge in [-0.25, -0.2) is 9.48 Å². The first kappa shape index (κ1) is 8.04. The second-order valence-corrected chi connectivity index (χ2v) is 3.68. The maximum Gasteiger partial charge on any atom is 0.346 e. The van der Waals surface area contributed by atoms with Gasteiger partial charge in [0, 0.05) is 12.6 Å². The summed E-state index contributed by atoms with van der Waals surface area (Å²) in [6.45, 7) is 2.55. The van der Waals surface area contributed by atoms with Gasteiger partial charge in [0.15, 0.2) is 0 Å². The quantitative estimate of drug-likeness (QED) is 0.767. The maximum atomic E-state index is 11.5. The molecule has 5 heteroatoms. The molecule has 1 saturated carbocycles. The van der Waals surface area contributed by atoms with Crippen LogP contribution in [0.4, 0.5) is 0 Å². The van der Waals surface area contributed by atoms with E-state index in [2.05, 4.69) is 21.0 Å². The lowest BCUT2D eigenvalue weighted by Gasteiger charge is -1.94. The van der Waals surface area contributed by atoms with Crippen molar-refractivity contribution in [2.24, 2.45) is 0 Å². The Morgan fingerprint density at radius 1 is 1.67 bits per heavy atom. The van der Waals surface area contributed by atoms with Crippen LogP contribution in [0.3, 0.4) is 0 Å². The average Bonchev–Trinajstić information content (AvgIpc) is 2.80. The Kier molecular flexibility index (Phi) is 1.83. The van der Waals surface area contributed by atoms with E-state index in [1.807, 2.05) is 6.92 Å². The van der Waals surface area contributed by atoms with Crippen LogP contribution in [0.1, 0.15) is 25.8 Å². The summed E-state index contributed by atoms with van der Waals surface area (Å²) in [5.74, 6) is 0. The van der Waals surface area contributed by atoms with Gasteiger partial charge < -0.3 is 0 Å². The van der Waals surface area contributed by atoms with Gasteiger partial charge in [-0.15, -0.1) is 5.10 Å². The summed E-state index contributed by atoms with van der Waals surface area (Å²) in [5, 5.41) is 4.07. The van der Waals surface area contributed by atoms with E-state index in [0.29, 0.717) is 17.3 Å². The van der Waals surface area contributed by atoms with Crippen LogP contribution in [0.15, 0.2) is 9.53 Å². The van der Waals surface area contributed by atoms with E-state index in [0.717, 1.165) is 12.8 Å². The largest absolute Gasteiger partial charge is 0.346 e. The van der Waals surface area contributed by atoms with Gasteiger partial charge in [-0.3, -0.25) is 4.57 Å². The minimum Gasteiger partial charge on any atom is -0.266 e. The highest BCUT2D eigenvalue weighted by Crippen LogP contribution is 2.35. The minimum atomic E-state index is 0.00637. The number of rotatable bonds is 2. The van der Waals surface area contributed by atoms with E-state index < -0.39 is 0 Å². The number of hydrogen-bond acceptors (Lipinski definition) is 2. The topological polar surface area (TPSA) is 39.8 Å². The van der Waals surface area contributed by atoms with Crippen molar-refractivity contribution in [2.75, 3.05) is 0 Å². The Bertz CT molecular complexity index is 350. The Hall–Kier alpha value is -0.580. The first-order valence-electron chi connectivity index (χ1n) is 4.09. The van der Waals surface area contributed by atoms with E-state index in [4.69, 9.17) is 0 Å². The molecule has 0 spiro atoms. The smallest absolute Gasteiger partial charge is 0.266 e. The second kappa shape index (κ2) is 2.73. The lowest BCUT2D eigenvalue weighted by Crippen LogP contribution is -2.23. The van der Waals surface area contributed by atoms with Gasteiger partial charge in [0.2, 0.25) is 4.73 Å². The number of aryl methyl sites for hydroxylation is 1. The molecule has 0 radical (unpaired) electrons. The molecule has 4 nitrogen and oxygen atoms in total. The molecule has 1 heterocycles. The standard InChI is InChI=1S/C7H10BrN3O/c1-2-10-7(12)11(5-3-4-5)6(8)9-10/h5H,2-4H2,1H3. The van der Waals surface area contributed by atoms with Crippen LogP contribution in [-0.4, -0.2) is 14.3 Å². The molecule has 0 N–H and O–H groups in total. The van der Waals surface area contributed by atoms with Gasteiger partial charge in [-0.1, -0.05) is 0 Å². The second-order valence-electron chi connectivity index (χ2n) is 2.97. The first-order valence-corrected chi connectivity index (χ1v) is 4.88. The van der Waals surface area contributed by atoms with Crippen molar-refractivity contribution in [1.29, 1.82) is 0 Å². The summed E-state index contributed by atoms with van der Waals surface area (Å²) in [5.41, 5.74) is 0.00637. The van der Waals surface area contributed by atoms with Crippen LogP contribution < -0.4 is 5.69 Å². The summed E-state index contributed by atoms with van der Waals surface area (Å²) < 4.78 is 3.86. The maximum absolute atomic E-state index is 11.5. The summed E-state index contributed by atoms with van der Waals surface area (Å²) in [6, 6.07) is 0.396. The first-order chi connectivity index (χ1) is 5.74. The number of nitrogens with zero attached hydrogens (tertiary/aromatic N) is 3. The molecule has 1 aromatic rings. The molecule has 0 saturated heterocycles. The van der Waals surface area contributed by atoms with Crippen molar-refractivity contribution in [1.82, 2.24) is 14.3 Å². The lowest BCUT2D eigenvalue weighted by atomic mass is 10.7. The van der Waals surface area contributed by atoms with E-state index >= 15 is 0 Å². The van der Waals surface area contributed by atoms with Crippen molar-refractivity contribution in [2.45, 2.75) is 32.4 Å². The van der Waals surface area contributed by atoms with Gasteiger partial charge in [0.25, 0.3) is 0 Å². The number of halogens is 1. The Labute approximate surface area is 78.3 Å². The summed E-state index contributed by atoms with van der Waals surface area (Å²) in [4.78, 5) is 11.5. The molecule has 0 amide bonds. The molecule has 1 aliphatic carbocycles. The van der Waals surface area contributed by atoms with E-state index in [9.17, 15) is 4.79 Å². The summed E-state index contributed by atoms with van der Waals surface area (Å²) in [7, 11) is 0. The van der Waals surface area contributed by atoms with E-state index in [-0.39, 0.29) is 5.69 Å². The van der Waals surface area contributed by atoms with Crippen LogP contribution >= 0.6 is 15.9 Å². The molecule has 0 aromatic carbocycles. The molecule has 0 unspecified atom stereocenters. The fourth-order valence-electron chi connectivity index (χ4n) is 1.24. The van der Waals surface area contributed by atoms with Gasteiger partial charge >= 0.3 is 5.69 Å². The van der Waals surface area contributed by atoms with Gasteiger partial charge in [-0.05, 0) is 35.7 Å². The molecular formula is C7H10BrN3O. The average molecular weight is 232 g/mol. The zero-order chi connectivity index (χ0) is 8.72. The minimum absolute atomic E-state index is 0.00637. The van der Waals surface area contributed by atoms with Gasteiger partial charge in [0.05, 0.1) is 0 Å². The predicted molar refractivity (Wildman–Crippen MR) is 48.1 cm³/mol. The zero-order valence-electron chi connectivity index (χ0n) is 6.83. The Morgan fingerprint density at radius 2 is 2.33 bits per heavy atom. The van der Waals surface area contributed by atoms with Crippen molar-refractivity contribution >= 4 is 15.9 Å². The van der Waals surface area contributed by atoms with Crippen molar-refractivity contribution in [3.05, 3.63) is 15.2 Å². The monoisotopic (exact) mass is 231 g/mol. The normalized spacial score (nSPS) is 16.8. The molecule has 12 heavy (non-hydrogen) atoms. The molecule has 66 valence electrons. The van der Waals surface area contributed by atoms with Gasteiger partial charge in [0.1, 0.15) is 0 Å². The lowest BCUT2D eigenvalue weighted by molar-refractivity contribution is 0.607. The number of hydrogen-bond donors (Lipinski definition) is 0. The van der Waals surface area contributed by atoms with Crippen LogP contribution in [0, 0.1) is 0 Å². The van der Waals surface area contributed by atoms with Gasteiger partial charge in [-0.2, -0.15) is 0 Å². The molecule has 1 aliphatic rings. The molecule has 0 atom stereocenters. The summed E-state index contributed by atoms with van der Waals surface area (Å²) in [6.07, 6.45) is 2.21. The Balaban J connectivity index is 2.51. The fourth-order valence-corrected chi connectivity index (χ4v) is 1.87. The molecule has 1 fully saturated rings. The highest BCUT2D eigenvalue weighted by Gasteiger charge is 2.28. The highest BCUT2D eigenvalue weighted by molar-refractivity contribution is 9.10. The molecule has 0 aliphatic heterocycles. The number of aromatic nitrogens is 3. The SMILES string of the molecule is CCn1nc(Br)n(C2CC2)c1=O. The van der Waals surface area contributed by atoms with Crippen LogP contribution in [0.25, 0.3) is 0 Å². The third kappa shape index (κ3) is 1.12. The fraction of sp³-hybridized carbons (Fsp3) is 0.714. The van der Waals surface area contributed by atoms with Crippen molar-refractivity contribution in [3.63, 3.8) is 0 Å². The third-order valence-electron chi connectivity index (χ3n) is 2.04. The van der Waals surface area contributed by atoms with Crippen molar-refractivity contribution < 1.29 is 0 Å². The molecular weight excluding hydrogens is 222 g/mol.